The first-order valence-electron chi connectivity index (χ1n) is 5.76. The van der Waals surface area contributed by atoms with Crippen LogP contribution < -0.4 is 0 Å². The Labute approximate surface area is 124 Å². The zero-order valence-corrected chi connectivity index (χ0v) is 12.1. The van der Waals surface area contributed by atoms with Crippen LogP contribution in [-0.2, 0) is 6.42 Å². The third kappa shape index (κ3) is 2.88. The monoisotopic (exact) mass is 295 g/mol. The number of aryl methyl sites for hydroxylation is 1. The van der Waals surface area contributed by atoms with E-state index in [0.717, 1.165) is 28.9 Å². The lowest BCUT2D eigenvalue weighted by atomic mass is 10.1. The van der Waals surface area contributed by atoms with Gasteiger partial charge in [-0.1, -0.05) is 31.2 Å². The molecule has 0 aliphatic carbocycles. The zero-order chi connectivity index (χ0) is 11.7. The molecule has 0 bridgehead atoms. The minimum Gasteiger partial charge on any atom is -0.351 e. The number of hydrogen-bond donors (Lipinski definition) is 1. The second-order valence-electron chi connectivity index (χ2n) is 3.99. The number of nitrogens with zero attached hydrogens (tertiary/aromatic N) is 2. The standard InChI is InChI=1S/C14H13N3.2ClH/c1-2-11-7-10-5-3-4-6-12(10)14(17-11)13-8-15-9-16-13;;/h3-9H,2H2,1H3,(H,15,16);2*1H. The molecule has 0 radical (unpaired) electrons. The smallest absolute Gasteiger partial charge is 0.107 e. The Bertz CT molecular complexity index is 651. The summed E-state index contributed by atoms with van der Waals surface area (Å²) in [5.74, 6) is 0. The fourth-order valence-electron chi connectivity index (χ4n) is 2.02. The average molecular weight is 296 g/mol. The van der Waals surface area contributed by atoms with Gasteiger partial charge in [0.2, 0.25) is 0 Å². The van der Waals surface area contributed by atoms with Gasteiger partial charge in [-0.05, 0) is 17.9 Å². The van der Waals surface area contributed by atoms with Gasteiger partial charge in [0.15, 0.2) is 0 Å². The Hall–Kier alpha value is -1.58. The molecule has 3 aromatic rings. The third-order valence-electron chi connectivity index (χ3n) is 2.90. The van der Waals surface area contributed by atoms with E-state index in [4.69, 9.17) is 0 Å². The molecule has 3 nitrogen and oxygen atoms in total. The Morgan fingerprint density at radius 1 is 1.16 bits per heavy atom. The Balaban J connectivity index is 0.000000902. The van der Waals surface area contributed by atoms with Gasteiger partial charge in [-0.15, -0.1) is 24.8 Å². The van der Waals surface area contributed by atoms with Crippen LogP contribution in [0, 0.1) is 0 Å². The summed E-state index contributed by atoms with van der Waals surface area (Å²) in [5, 5.41) is 2.37. The van der Waals surface area contributed by atoms with E-state index in [-0.39, 0.29) is 24.8 Å². The topological polar surface area (TPSA) is 41.6 Å². The second kappa shape index (κ2) is 6.55. The summed E-state index contributed by atoms with van der Waals surface area (Å²) < 4.78 is 0. The van der Waals surface area contributed by atoms with Crippen molar-refractivity contribution in [2.24, 2.45) is 0 Å². The molecule has 2 heterocycles. The molecule has 3 rings (SSSR count). The molecule has 1 aromatic carbocycles. The fraction of sp³-hybridized carbons (Fsp3) is 0.143. The first kappa shape index (κ1) is 15.5. The molecule has 0 spiro atoms. The van der Waals surface area contributed by atoms with E-state index in [2.05, 4.69) is 46.1 Å². The maximum atomic E-state index is 4.68. The lowest BCUT2D eigenvalue weighted by Crippen LogP contribution is -1.92. The summed E-state index contributed by atoms with van der Waals surface area (Å²) in [7, 11) is 0. The number of aromatic nitrogens is 3. The molecule has 100 valence electrons. The van der Waals surface area contributed by atoms with Crippen molar-refractivity contribution in [1.82, 2.24) is 15.0 Å². The number of nitrogens with one attached hydrogen (secondary N) is 1. The molecule has 5 heteroatoms. The van der Waals surface area contributed by atoms with Crippen LogP contribution in [0.4, 0.5) is 0 Å². The molecule has 0 fully saturated rings. The van der Waals surface area contributed by atoms with Crippen molar-refractivity contribution in [1.29, 1.82) is 0 Å². The maximum absolute atomic E-state index is 4.68. The Kier molecular flexibility index (Phi) is 5.33. The minimum atomic E-state index is 0. The number of benzene rings is 1. The molecule has 0 amide bonds. The molecular weight excluding hydrogens is 281 g/mol. The van der Waals surface area contributed by atoms with Gasteiger partial charge >= 0.3 is 0 Å². The zero-order valence-electron chi connectivity index (χ0n) is 10.5. The summed E-state index contributed by atoms with van der Waals surface area (Å²) >= 11 is 0. The van der Waals surface area contributed by atoms with Crippen LogP contribution >= 0.6 is 24.8 Å². The van der Waals surface area contributed by atoms with Crippen molar-refractivity contribution in [2.45, 2.75) is 13.3 Å². The van der Waals surface area contributed by atoms with Gasteiger partial charge in [0.05, 0.1) is 12.0 Å². The van der Waals surface area contributed by atoms with Gasteiger partial charge in [-0.3, -0.25) is 4.98 Å². The maximum Gasteiger partial charge on any atom is 0.107 e. The molecule has 0 saturated heterocycles. The van der Waals surface area contributed by atoms with Crippen LogP contribution in [0.2, 0.25) is 0 Å². The summed E-state index contributed by atoms with van der Waals surface area (Å²) in [6.45, 7) is 2.12. The second-order valence-corrected chi connectivity index (χ2v) is 3.99. The number of pyridine rings is 1. The summed E-state index contributed by atoms with van der Waals surface area (Å²) in [6, 6.07) is 10.4. The van der Waals surface area contributed by atoms with Crippen molar-refractivity contribution >= 4 is 35.6 Å². The van der Waals surface area contributed by atoms with Gasteiger partial charge < -0.3 is 4.98 Å². The Morgan fingerprint density at radius 2 is 1.95 bits per heavy atom. The number of fused-ring (bicyclic) bond motifs is 1. The molecule has 1 N–H and O–H groups in total. The lowest BCUT2D eigenvalue weighted by Gasteiger charge is -2.06. The molecule has 0 aliphatic rings. The van der Waals surface area contributed by atoms with Crippen molar-refractivity contribution in [3.05, 3.63) is 48.5 Å². The van der Waals surface area contributed by atoms with Crippen LogP contribution in [0.5, 0.6) is 0 Å². The number of H-pyrrole nitrogens is 1. The van der Waals surface area contributed by atoms with Crippen LogP contribution in [0.15, 0.2) is 42.9 Å². The highest BCUT2D eigenvalue weighted by atomic mass is 35.5. The van der Waals surface area contributed by atoms with E-state index in [1.54, 1.807) is 6.33 Å². The van der Waals surface area contributed by atoms with Gasteiger partial charge in [0.1, 0.15) is 5.69 Å². The van der Waals surface area contributed by atoms with Crippen LogP contribution in [0.3, 0.4) is 0 Å². The lowest BCUT2D eigenvalue weighted by molar-refractivity contribution is 1.05. The summed E-state index contributed by atoms with van der Waals surface area (Å²) in [6.07, 6.45) is 4.50. The fourth-order valence-corrected chi connectivity index (χ4v) is 2.02. The molecule has 2 aromatic heterocycles. The van der Waals surface area contributed by atoms with Crippen molar-refractivity contribution in [3.8, 4) is 11.4 Å². The number of imidazole rings is 1. The molecular formula is C14H15Cl2N3. The number of aromatic amines is 1. The van der Waals surface area contributed by atoms with E-state index >= 15 is 0 Å². The highest BCUT2D eigenvalue weighted by molar-refractivity contribution is 5.93. The van der Waals surface area contributed by atoms with E-state index in [1.807, 2.05) is 12.3 Å². The van der Waals surface area contributed by atoms with Gasteiger partial charge in [0.25, 0.3) is 0 Å². The predicted molar refractivity (Wildman–Crippen MR) is 83.2 cm³/mol. The molecule has 0 atom stereocenters. The van der Waals surface area contributed by atoms with Gasteiger partial charge in [0, 0.05) is 17.3 Å². The molecule has 19 heavy (non-hydrogen) atoms. The number of rotatable bonds is 2. The Morgan fingerprint density at radius 3 is 2.63 bits per heavy atom. The third-order valence-corrected chi connectivity index (χ3v) is 2.90. The van der Waals surface area contributed by atoms with Gasteiger partial charge in [-0.2, -0.15) is 0 Å². The van der Waals surface area contributed by atoms with Crippen molar-refractivity contribution in [3.63, 3.8) is 0 Å². The van der Waals surface area contributed by atoms with Crippen LogP contribution in [0.25, 0.3) is 22.2 Å². The van der Waals surface area contributed by atoms with Crippen LogP contribution in [-0.4, -0.2) is 15.0 Å². The normalized spacial score (nSPS) is 9.74. The first-order chi connectivity index (χ1) is 8.38. The highest BCUT2D eigenvalue weighted by Crippen LogP contribution is 2.25. The first-order valence-corrected chi connectivity index (χ1v) is 5.76. The van der Waals surface area contributed by atoms with Gasteiger partial charge in [-0.25, -0.2) is 4.98 Å². The predicted octanol–water partition coefficient (Wildman–Crippen LogP) is 4.03. The van der Waals surface area contributed by atoms with E-state index in [1.165, 1.54) is 5.39 Å². The SMILES string of the molecule is CCc1cc2ccccc2c(-c2c[nH]cn2)n1.Cl.Cl. The van der Waals surface area contributed by atoms with Crippen molar-refractivity contribution < 1.29 is 0 Å². The van der Waals surface area contributed by atoms with Crippen LogP contribution in [0.1, 0.15) is 12.6 Å². The molecule has 0 unspecified atom stereocenters. The minimum absolute atomic E-state index is 0. The van der Waals surface area contributed by atoms with Crippen molar-refractivity contribution in [2.75, 3.05) is 0 Å². The quantitative estimate of drug-likeness (QED) is 0.775. The molecule has 0 aliphatic heterocycles. The molecule has 0 saturated carbocycles. The highest BCUT2D eigenvalue weighted by Gasteiger charge is 2.08. The number of halogens is 2. The van der Waals surface area contributed by atoms with E-state index < -0.39 is 0 Å². The summed E-state index contributed by atoms with van der Waals surface area (Å²) in [5.41, 5.74) is 2.96. The van der Waals surface area contributed by atoms with E-state index in [0.29, 0.717) is 0 Å². The number of hydrogen-bond acceptors (Lipinski definition) is 2. The largest absolute Gasteiger partial charge is 0.351 e. The average Bonchev–Trinajstić information content (AvgIpc) is 2.91. The van der Waals surface area contributed by atoms with E-state index in [9.17, 15) is 0 Å². The summed E-state index contributed by atoms with van der Waals surface area (Å²) in [4.78, 5) is 12.0.